The lowest BCUT2D eigenvalue weighted by molar-refractivity contribution is -0.123. The van der Waals surface area contributed by atoms with E-state index in [9.17, 15) is 9.59 Å². The number of thioether (sulfide) groups is 1. The predicted octanol–water partition coefficient (Wildman–Crippen LogP) is 7.57. The molecule has 0 saturated carbocycles. The number of carbonyl (C=O) groups excluding carboxylic acids is 2. The summed E-state index contributed by atoms with van der Waals surface area (Å²) in [5, 5.41) is 0.569. The van der Waals surface area contributed by atoms with Crippen molar-refractivity contribution in [1.29, 1.82) is 0 Å². The zero-order chi connectivity index (χ0) is 22.7. The number of imide groups is 1. The Hall–Kier alpha value is -2.25. The minimum Gasteiger partial charge on any atom is -0.488 e. The Kier molecular flexibility index (Phi) is 7.26. The van der Waals surface area contributed by atoms with Gasteiger partial charge in [0.2, 0.25) is 0 Å². The molecule has 0 aromatic heterocycles. The van der Waals surface area contributed by atoms with Crippen LogP contribution in [0.2, 0.25) is 10.0 Å². The van der Waals surface area contributed by atoms with Gasteiger partial charge in [-0.25, -0.2) is 0 Å². The molecule has 0 aliphatic carbocycles. The van der Waals surface area contributed by atoms with Crippen molar-refractivity contribution in [1.82, 2.24) is 4.90 Å². The second kappa shape index (κ2) is 10.1. The van der Waals surface area contributed by atoms with E-state index in [1.165, 1.54) is 4.90 Å². The SMILES string of the molecule is O=C1S/C(=C\c2ccc(OCc3ccccc3)c(Br)c2)C(=O)N1Cc1ccc(Cl)cc1Cl. The first kappa shape index (κ1) is 22.9. The summed E-state index contributed by atoms with van der Waals surface area (Å²) in [4.78, 5) is 26.8. The lowest BCUT2D eigenvalue weighted by Gasteiger charge is -2.13. The smallest absolute Gasteiger partial charge is 0.293 e. The van der Waals surface area contributed by atoms with Crippen molar-refractivity contribution in [3.63, 3.8) is 0 Å². The third-order valence-corrected chi connectivity index (χ3v) is 6.82. The van der Waals surface area contributed by atoms with Crippen LogP contribution in [0.25, 0.3) is 6.08 Å². The fraction of sp³-hybridized carbons (Fsp3) is 0.0833. The number of hydrogen-bond donors (Lipinski definition) is 0. The van der Waals surface area contributed by atoms with Crippen molar-refractivity contribution < 1.29 is 14.3 Å². The Morgan fingerprint density at radius 3 is 2.50 bits per heavy atom. The van der Waals surface area contributed by atoms with Crippen LogP contribution in [0.4, 0.5) is 4.79 Å². The van der Waals surface area contributed by atoms with Crippen molar-refractivity contribution in [2.75, 3.05) is 0 Å². The van der Waals surface area contributed by atoms with Gasteiger partial charge in [-0.2, -0.15) is 0 Å². The third kappa shape index (κ3) is 5.38. The molecule has 1 aliphatic heterocycles. The number of halogens is 3. The Morgan fingerprint density at radius 1 is 1.00 bits per heavy atom. The molecule has 1 saturated heterocycles. The summed E-state index contributed by atoms with van der Waals surface area (Å²) in [6, 6.07) is 20.4. The lowest BCUT2D eigenvalue weighted by Crippen LogP contribution is -2.27. The quantitative estimate of drug-likeness (QED) is 0.298. The van der Waals surface area contributed by atoms with Crippen molar-refractivity contribution >= 4 is 68.1 Å². The van der Waals surface area contributed by atoms with Gasteiger partial charge in [0.05, 0.1) is 15.9 Å². The van der Waals surface area contributed by atoms with Crippen LogP contribution in [-0.2, 0) is 17.9 Å². The first-order valence-corrected chi connectivity index (χ1v) is 11.9. The molecule has 4 nitrogen and oxygen atoms in total. The average Bonchev–Trinajstić information content (AvgIpc) is 3.03. The fourth-order valence-corrected chi connectivity index (χ4v) is 4.88. The van der Waals surface area contributed by atoms with Gasteiger partial charge in [-0.3, -0.25) is 14.5 Å². The lowest BCUT2D eigenvalue weighted by atomic mass is 10.2. The molecule has 3 aromatic carbocycles. The molecule has 8 heteroatoms. The van der Waals surface area contributed by atoms with Gasteiger partial charge in [0.15, 0.2) is 0 Å². The van der Waals surface area contributed by atoms with Crippen LogP contribution in [0, 0.1) is 0 Å². The molecule has 0 atom stereocenters. The van der Waals surface area contributed by atoms with E-state index in [-0.39, 0.29) is 17.7 Å². The van der Waals surface area contributed by atoms with Gasteiger partial charge >= 0.3 is 0 Å². The minimum atomic E-state index is -0.355. The zero-order valence-corrected chi connectivity index (χ0v) is 20.5. The van der Waals surface area contributed by atoms with Gasteiger partial charge in [-0.1, -0.05) is 65.7 Å². The Balaban J connectivity index is 1.47. The van der Waals surface area contributed by atoms with E-state index in [2.05, 4.69) is 15.9 Å². The van der Waals surface area contributed by atoms with Crippen LogP contribution in [0.5, 0.6) is 5.75 Å². The first-order chi connectivity index (χ1) is 15.4. The van der Waals surface area contributed by atoms with E-state index >= 15 is 0 Å². The summed E-state index contributed by atoms with van der Waals surface area (Å²) in [7, 11) is 0. The molecule has 2 amide bonds. The average molecular weight is 549 g/mol. The number of hydrogen-bond acceptors (Lipinski definition) is 4. The summed E-state index contributed by atoms with van der Waals surface area (Å²) in [6.45, 7) is 0.541. The molecule has 1 fully saturated rings. The van der Waals surface area contributed by atoms with E-state index in [1.807, 2.05) is 48.5 Å². The van der Waals surface area contributed by atoms with Gasteiger partial charge < -0.3 is 4.74 Å². The van der Waals surface area contributed by atoms with Crippen molar-refractivity contribution in [3.05, 3.63) is 103 Å². The Bertz CT molecular complexity index is 1220. The molecule has 0 spiro atoms. The second-order valence-corrected chi connectivity index (χ2v) is 9.66. The molecular formula is C24H16BrCl2NO3S. The number of rotatable bonds is 6. The molecule has 0 bridgehead atoms. The molecule has 1 heterocycles. The minimum absolute atomic E-state index is 0.0912. The number of ether oxygens (including phenoxy) is 1. The van der Waals surface area contributed by atoms with E-state index in [4.69, 9.17) is 27.9 Å². The molecule has 162 valence electrons. The standard InChI is InChI=1S/C24H16BrCl2NO3S/c25-19-10-16(6-9-21(19)31-14-15-4-2-1-3-5-15)11-22-23(29)28(24(30)32-22)13-17-7-8-18(26)12-20(17)27/h1-12H,13-14H2/b22-11-. The fourth-order valence-electron chi connectivity index (χ4n) is 3.07. The summed E-state index contributed by atoms with van der Waals surface area (Å²) >= 11 is 16.5. The second-order valence-electron chi connectivity index (χ2n) is 6.97. The van der Waals surface area contributed by atoms with Crippen LogP contribution in [0.1, 0.15) is 16.7 Å². The van der Waals surface area contributed by atoms with Crippen molar-refractivity contribution in [3.8, 4) is 5.75 Å². The zero-order valence-electron chi connectivity index (χ0n) is 16.6. The van der Waals surface area contributed by atoms with Gasteiger partial charge in [-0.15, -0.1) is 0 Å². The molecule has 32 heavy (non-hydrogen) atoms. The van der Waals surface area contributed by atoms with E-state index < -0.39 is 0 Å². The van der Waals surface area contributed by atoms with Crippen LogP contribution in [-0.4, -0.2) is 16.0 Å². The highest BCUT2D eigenvalue weighted by Gasteiger charge is 2.35. The third-order valence-electron chi connectivity index (χ3n) is 4.71. The topological polar surface area (TPSA) is 46.6 Å². The molecular weight excluding hydrogens is 533 g/mol. The number of nitrogens with zero attached hydrogens (tertiary/aromatic N) is 1. The van der Waals surface area contributed by atoms with Crippen LogP contribution < -0.4 is 4.74 Å². The molecule has 0 unspecified atom stereocenters. The molecule has 4 rings (SSSR count). The van der Waals surface area contributed by atoms with Crippen LogP contribution >= 0.6 is 50.9 Å². The van der Waals surface area contributed by atoms with E-state index in [0.717, 1.165) is 27.4 Å². The normalized spacial score (nSPS) is 15.0. The highest BCUT2D eigenvalue weighted by molar-refractivity contribution is 9.10. The van der Waals surface area contributed by atoms with Gasteiger partial charge in [-0.05, 0) is 74.7 Å². The molecule has 1 aliphatic rings. The Labute approximate surface area is 208 Å². The number of carbonyl (C=O) groups is 2. The van der Waals surface area contributed by atoms with Crippen molar-refractivity contribution in [2.24, 2.45) is 0 Å². The van der Waals surface area contributed by atoms with Gasteiger partial charge in [0.25, 0.3) is 11.1 Å². The predicted molar refractivity (Wildman–Crippen MR) is 133 cm³/mol. The largest absolute Gasteiger partial charge is 0.488 e. The van der Waals surface area contributed by atoms with Crippen molar-refractivity contribution in [2.45, 2.75) is 13.2 Å². The Morgan fingerprint density at radius 2 is 1.78 bits per heavy atom. The number of benzene rings is 3. The van der Waals surface area contributed by atoms with Gasteiger partial charge in [0, 0.05) is 10.0 Å². The maximum Gasteiger partial charge on any atom is 0.293 e. The molecule has 0 N–H and O–H groups in total. The summed E-state index contributed by atoms with van der Waals surface area (Å²) < 4.78 is 6.62. The summed E-state index contributed by atoms with van der Waals surface area (Å²) in [5.41, 5.74) is 2.50. The van der Waals surface area contributed by atoms with E-state index in [0.29, 0.717) is 32.9 Å². The maximum absolute atomic E-state index is 12.8. The first-order valence-electron chi connectivity index (χ1n) is 9.56. The highest BCUT2D eigenvalue weighted by Crippen LogP contribution is 2.35. The maximum atomic E-state index is 12.8. The van der Waals surface area contributed by atoms with Crippen LogP contribution in [0.3, 0.4) is 0 Å². The highest BCUT2D eigenvalue weighted by atomic mass is 79.9. The van der Waals surface area contributed by atoms with Crippen LogP contribution in [0.15, 0.2) is 76.1 Å². The van der Waals surface area contributed by atoms with E-state index in [1.54, 1.807) is 24.3 Å². The summed E-state index contributed by atoms with van der Waals surface area (Å²) in [6.07, 6.45) is 1.69. The van der Waals surface area contributed by atoms with Gasteiger partial charge in [0.1, 0.15) is 12.4 Å². The number of amides is 2. The monoisotopic (exact) mass is 547 g/mol. The molecule has 3 aromatic rings. The molecule has 0 radical (unpaired) electrons. The summed E-state index contributed by atoms with van der Waals surface area (Å²) in [5.74, 6) is 0.336.